The van der Waals surface area contributed by atoms with Crippen LogP contribution in [0.15, 0.2) is 30.5 Å². The number of amides is 1. The predicted octanol–water partition coefficient (Wildman–Crippen LogP) is 2.03. The van der Waals surface area contributed by atoms with Crippen LogP contribution in [0.25, 0.3) is 0 Å². The van der Waals surface area contributed by atoms with Crippen molar-refractivity contribution in [2.45, 2.75) is 31.2 Å². The normalized spacial score (nSPS) is 19.9. The molecule has 2 fully saturated rings. The number of hydrogen-bond donors (Lipinski definition) is 0. The molecule has 25 heavy (non-hydrogen) atoms. The summed E-state index contributed by atoms with van der Waals surface area (Å²) in [6.07, 6.45) is 5.23. The smallest absolute Gasteiger partial charge is 0.338 e. The molecule has 1 amide bonds. The molecule has 4 rings (SSSR count). The summed E-state index contributed by atoms with van der Waals surface area (Å²) in [6.45, 7) is 1.21. The highest BCUT2D eigenvalue weighted by Crippen LogP contribution is 2.39. The second kappa shape index (κ2) is 6.31. The Hall–Kier alpha value is -2.70. The molecule has 2 aromatic rings. The first-order valence-electron chi connectivity index (χ1n) is 8.55. The summed E-state index contributed by atoms with van der Waals surface area (Å²) in [5.74, 6) is -0.0732. The molecule has 7 heteroatoms. The average Bonchev–Trinajstić information content (AvgIpc) is 3.18. The van der Waals surface area contributed by atoms with Gasteiger partial charge < -0.3 is 9.64 Å². The van der Waals surface area contributed by atoms with E-state index in [1.165, 1.54) is 20.0 Å². The van der Waals surface area contributed by atoms with Crippen molar-refractivity contribution >= 4 is 11.9 Å². The zero-order valence-corrected chi connectivity index (χ0v) is 14.1. The molecular formula is C18H20N4O3. The maximum absolute atomic E-state index is 12.9. The highest BCUT2D eigenvalue weighted by atomic mass is 16.5. The van der Waals surface area contributed by atoms with Gasteiger partial charge in [-0.2, -0.15) is 0 Å². The van der Waals surface area contributed by atoms with Crippen molar-refractivity contribution in [2.75, 3.05) is 20.2 Å². The molecule has 7 nitrogen and oxygen atoms in total. The monoisotopic (exact) mass is 340 g/mol. The van der Waals surface area contributed by atoms with Crippen LogP contribution in [-0.4, -0.2) is 52.0 Å². The molecule has 130 valence electrons. The van der Waals surface area contributed by atoms with Gasteiger partial charge in [-0.25, -0.2) is 9.48 Å². The SMILES string of the molecule is COC(=O)c1ccccc1C(=O)N1CC[C@H](n2cc(C3CC3)nn2)C1. The number of hydrogen-bond acceptors (Lipinski definition) is 5. The Morgan fingerprint density at radius 2 is 1.92 bits per heavy atom. The third-order valence-corrected chi connectivity index (χ3v) is 4.91. The van der Waals surface area contributed by atoms with Gasteiger partial charge in [-0.15, -0.1) is 5.10 Å². The number of nitrogens with zero attached hydrogens (tertiary/aromatic N) is 4. The van der Waals surface area contributed by atoms with E-state index in [0.717, 1.165) is 12.1 Å². The first kappa shape index (κ1) is 15.8. The first-order chi connectivity index (χ1) is 12.2. The lowest BCUT2D eigenvalue weighted by Gasteiger charge is -2.18. The van der Waals surface area contributed by atoms with Gasteiger partial charge in [0.1, 0.15) is 0 Å². The molecule has 1 saturated heterocycles. The standard InChI is InChI=1S/C18H20N4O3/c1-25-18(24)15-5-3-2-4-14(15)17(23)21-9-8-13(10-21)22-11-16(19-20-22)12-6-7-12/h2-5,11-13H,6-10H2,1H3/t13-/m0/s1. The number of esters is 1. The van der Waals surface area contributed by atoms with Crippen molar-refractivity contribution in [3.8, 4) is 0 Å². The third kappa shape index (κ3) is 3.01. The number of methoxy groups -OCH3 is 1. The van der Waals surface area contributed by atoms with Crippen LogP contribution in [0.4, 0.5) is 0 Å². The van der Waals surface area contributed by atoms with Crippen LogP contribution in [0.1, 0.15) is 57.6 Å². The number of aromatic nitrogens is 3. The molecule has 0 bridgehead atoms. The van der Waals surface area contributed by atoms with Crippen molar-refractivity contribution in [1.29, 1.82) is 0 Å². The molecule has 0 spiro atoms. The van der Waals surface area contributed by atoms with Crippen molar-refractivity contribution in [2.24, 2.45) is 0 Å². The van der Waals surface area contributed by atoms with E-state index in [1.54, 1.807) is 29.2 Å². The van der Waals surface area contributed by atoms with E-state index in [0.29, 0.717) is 30.1 Å². The molecule has 1 saturated carbocycles. The average molecular weight is 340 g/mol. The summed E-state index contributed by atoms with van der Waals surface area (Å²) in [4.78, 5) is 26.5. The van der Waals surface area contributed by atoms with E-state index < -0.39 is 5.97 Å². The maximum Gasteiger partial charge on any atom is 0.338 e. The summed E-state index contributed by atoms with van der Waals surface area (Å²) >= 11 is 0. The Labute approximate surface area is 145 Å². The second-order valence-electron chi connectivity index (χ2n) is 6.63. The number of ether oxygens (including phenoxy) is 1. The lowest BCUT2D eigenvalue weighted by atomic mass is 10.1. The minimum absolute atomic E-state index is 0.134. The molecule has 0 unspecified atom stereocenters. The van der Waals surface area contributed by atoms with Crippen molar-refractivity contribution < 1.29 is 14.3 Å². The van der Waals surface area contributed by atoms with Crippen molar-refractivity contribution in [1.82, 2.24) is 19.9 Å². The third-order valence-electron chi connectivity index (χ3n) is 4.91. The molecule has 1 aliphatic heterocycles. The Morgan fingerprint density at radius 1 is 1.16 bits per heavy atom. The highest BCUT2D eigenvalue weighted by molar-refractivity contribution is 6.05. The van der Waals surface area contributed by atoms with Gasteiger partial charge in [-0.3, -0.25) is 4.79 Å². The van der Waals surface area contributed by atoms with Gasteiger partial charge in [0.05, 0.1) is 30.0 Å². The number of carbonyl (C=O) groups is 2. The van der Waals surface area contributed by atoms with Crippen molar-refractivity contribution in [3.05, 3.63) is 47.3 Å². The fourth-order valence-corrected chi connectivity index (χ4v) is 3.31. The molecule has 0 radical (unpaired) electrons. The quantitative estimate of drug-likeness (QED) is 0.796. The van der Waals surface area contributed by atoms with Crippen LogP contribution < -0.4 is 0 Å². The molecule has 1 aromatic carbocycles. The van der Waals surface area contributed by atoms with Crippen molar-refractivity contribution in [3.63, 3.8) is 0 Å². The van der Waals surface area contributed by atoms with Crippen LogP contribution in [0.3, 0.4) is 0 Å². The van der Waals surface area contributed by atoms with E-state index in [9.17, 15) is 9.59 Å². The van der Waals surface area contributed by atoms with E-state index >= 15 is 0 Å². The van der Waals surface area contributed by atoms with Gasteiger partial charge in [-0.05, 0) is 31.4 Å². The lowest BCUT2D eigenvalue weighted by molar-refractivity contribution is 0.0591. The van der Waals surface area contributed by atoms with Crippen LogP contribution in [0, 0.1) is 0 Å². The molecule has 1 aliphatic carbocycles. The van der Waals surface area contributed by atoms with Gasteiger partial charge in [-0.1, -0.05) is 17.3 Å². The first-order valence-corrected chi connectivity index (χ1v) is 8.55. The topological polar surface area (TPSA) is 77.3 Å². The van der Waals surface area contributed by atoms with Gasteiger partial charge in [0.25, 0.3) is 5.91 Å². The summed E-state index contributed by atoms with van der Waals surface area (Å²) < 4.78 is 6.66. The molecule has 2 heterocycles. The number of benzene rings is 1. The largest absolute Gasteiger partial charge is 0.465 e. The van der Waals surface area contributed by atoms with Crippen LogP contribution in [-0.2, 0) is 4.74 Å². The molecule has 0 N–H and O–H groups in total. The molecule has 1 atom stereocenters. The molecule has 2 aliphatic rings. The fourth-order valence-electron chi connectivity index (χ4n) is 3.31. The van der Waals surface area contributed by atoms with Crippen LogP contribution >= 0.6 is 0 Å². The summed E-state index contributed by atoms with van der Waals surface area (Å²) in [6, 6.07) is 6.90. The van der Waals surface area contributed by atoms with Gasteiger partial charge in [0.15, 0.2) is 0 Å². The van der Waals surface area contributed by atoms with E-state index in [2.05, 4.69) is 10.3 Å². The predicted molar refractivity (Wildman–Crippen MR) is 89.3 cm³/mol. The second-order valence-corrected chi connectivity index (χ2v) is 6.63. The number of carbonyl (C=O) groups excluding carboxylic acids is 2. The minimum atomic E-state index is -0.495. The van der Waals surface area contributed by atoms with Gasteiger partial charge in [0.2, 0.25) is 0 Å². The Balaban J connectivity index is 1.49. The molecular weight excluding hydrogens is 320 g/mol. The zero-order chi connectivity index (χ0) is 17.4. The van der Waals surface area contributed by atoms with Crippen LogP contribution in [0.5, 0.6) is 0 Å². The number of likely N-dealkylation sites (tertiary alicyclic amines) is 1. The van der Waals surface area contributed by atoms with E-state index in [1.807, 2.05) is 10.9 Å². The Morgan fingerprint density at radius 3 is 2.64 bits per heavy atom. The minimum Gasteiger partial charge on any atom is -0.465 e. The van der Waals surface area contributed by atoms with E-state index in [4.69, 9.17) is 4.74 Å². The summed E-state index contributed by atoms with van der Waals surface area (Å²) in [7, 11) is 1.32. The van der Waals surface area contributed by atoms with Gasteiger partial charge >= 0.3 is 5.97 Å². The van der Waals surface area contributed by atoms with Crippen LogP contribution in [0.2, 0.25) is 0 Å². The Kier molecular flexibility index (Phi) is 3.99. The highest BCUT2D eigenvalue weighted by Gasteiger charge is 2.32. The fraction of sp³-hybridized carbons (Fsp3) is 0.444. The number of rotatable bonds is 4. The summed E-state index contributed by atoms with van der Waals surface area (Å²) in [5, 5.41) is 8.49. The summed E-state index contributed by atoms with van der Waals surface area (Å²) in [5.41, 5.74) is 1.74. The van der Waals surface area contributed by atoms with E-state index in [-0.39, 0.29) is 11.9 Å². The van der Waals surface area contributed by atoms with Gasteiger partial charge in [0, 0.05) is 25.2 Å². The Bertz CT molecular complexity index is 812. The lowest BCUT2D eigenvalue weighted by Crippen LogP contribution is -2.30. The molecule has 1 aromatic heterocycles. The zero-order valence-electron chi connectivity index (χ0n) is 14.1. The maximum atomic E-state index is 12.9.